The number of aliphatic hydroxyl groups is 3. The van der Waals surface area contributed by atoms with Gasteiger partial charge in [0.05, 0.1) is 18.8 Å². The van der Waals surface area contributed by atoms with Gasteiger partial charge in [0, 0.05) is 0 Å². The van der Waals surface area contributed by atoms with E-state index < -0.39 is 24.2 Å². The molecule has 0 aromatic rings. The molecule has 0 radical (unpaired) electrons. The van der Waals surface area contributed by atoms with Gasteiger partial charge in [-0.05, 0) is 12.8 Å². The summed E-state index contributed by atoms with van der Waals surface area (Å²) in [6.07, 6.45) is 57.0. The van der Waals surface area contributed by atoms with Crippen LogP contribution in [0, 0.1) is 0 Å². The average Bonchev–Trinajstić information content (AvgIpc) is 3.22. The van der Waals surface area contributed by atoms with Gasteiger partial charge in [-0.1, -0.05) is 290 Å². The van der Waals surface area contributed by atoms with E-state index >= 15 is 0 Å². The fraction of sp³-hybridized carbons (Fsp3) is 0.981. The molecular formula is C52H105NO4. The summed E-state index contributed by atoms with van der Waals surface area (Å²) in [4.78, 5) is 12.5. The molecule has 342 valence electrons. The Balaban J connectivity index is 3.51. The summed E-state index contributed by atoms with van der Waals surface area (Å²) in [6.45, 7) is 4.27. The Labute approximate surface area is 357 Å². The fourth-order valence-corrected chi connectivity index (χ4v) is 8.61. The molecule has 0 aliphatic rings. The highest BCUT2D eigenvalue weighted by Gasteiger charge is 2.23. The van der Waals surface area contributed by atoms with Crippen molar-refractivity contribution in [2.45, 2.75) is 321 Å². The Kier molecular flexibility index (Phi) is 47.5. The van der Waals surface area contributed by atoms with Crippen LogP contribution in [0.5, 0.6) is 0 Å². The quantitative estimate of drug-likeness (QED) is 0.0461. The molecule has 0 heterocycles. The van der Waals surface area contributed by atoms with Gasteiger partial charge in [0.15, 0.2) is 0 Å². The maximum atomic E-state index is 12.5. The summed E-state index contributed by atoms with van der Waals surface area (Å²) < 4.78 is 0. The van der Waals surface area contributed by atoms with E-state index in [1.807, 2.05) is 0 Å². The van der Waals surface area contributed by atoms with Crippen LogP contribution in [-0.2, 0) is 4.79 Å². The van der Waals surface area contributed by atoms with Gasteiger partial charge in [-0.25, -0.2) is 0 Å². The van der Waals surface area contributed by atoms with Crippen molar-refractivity contribution in [1.29, 1.82) is 0 Å². The van der Waals surface area contributed by atoms with Gasteiger partial charge < -0.3 is 20.6 Å². The molecule has 0 saturated carbocycles. The molecule has 1 amide bonds. The smallest absolute Gasteiger partial charge is 0.249 e. The molecule has 0 rings (SSSR count). The Hall–Kier alpha value is -0.650. The number of rotatable bonds is 49. The van der Waals surface area contributed by atoms with Gasteiger partial charge in [0.1, 0.15) is 6.10 Å². The summed E-state index contributed by atoms with van der Waals surface area (Å²) in [7, 11) is 0. The lowest BCUT2D eigenvalue weighted by atomic mass is 10.0. The highest BCUT2D eigenvalue weighted by molar-refractivity contribution is 5.80. The third-order valence-corrected chi connectivity index (χ3v) is 12.7. The molecular weight excluding hydrogens is 703 g/mol. The Morgan fingerprint density at radius 2 is 0.561 bits per heavy atom. The maximum absolute atomic E-state index is 12.5. The zero-order valence-corrected chi connectivity index (χ0v) is 39.0. The third kappa shape index (κ3) is 43.3. The fourth-order valence-electron chi connectivity index (χ4n) is 8.61. The second-order valence-corrected chi connectivity index (χ2v) is 18.5. The van der Waals surface area contributed by atoms with Gasteiger partial charge in [0.25, 0.3) is 0 Å². The topological polar surface area (TPSA) is 89.8 Å². The molecule has 4 N–H and O–H groups in total. The molecule has 5 nitrogen and oxygen atoms in total. The summed E-state index contributed by atoms with van der Waals surface area (Å²) in [5, 5.41) is 33.5. The van der Waals surface area contributed by atoms with Crippen molar-refractivity contribution in [2.75, 3.05) is 6.61 Å². The van der Waals surface area contributed by atoms with Crippen LogP contribution in [0.3, 0.4) is 0 Å². The van der Waals surface area contributed by atoms with Crippen LogP contribution in [0.1, 0.15) is 303 Å². The van der Waals surface area contributed by atoms with Crippen molar-refractivity contribution in [3.63, 3.8) is 0 Å². The van der Waals surface area contributed by atoms with E-state index in [9.17, 15) is 20.1 Å². The summed E-state index contributed by atoms with van der Waals surface area (Å²) >= 11 is 0. The molecule has 3 atom stereocenters. The number of aliphatic hydroxyl groups excluding tert-OH is 3. The molecule has 0 aliphatic carbocycles. The number of carbonyl (C=O) groups excluding carboxylic acids is 1. The number of hydrogen-bond acceptors (Lipinski definition) is 4. The first-order valence-corrected chi connectivity index (χ1v) is 26.3. The molecule has 0 fully saturated rings. The zero-order valence-electron chi connectivity index (χ0n) is 39.0. The van der Waals surface area contributed by atoms with E-state index in [0.717, 1.165) is 32.1 Å². The van der Waals surface area contributed by atoms with E-state index in [2.05, 4.69) is 19.2 Å². The van der Waals surface area contributed by atoms with E-state index in [-0.39, 0.29) is 6.61 Å². The predicted octanol–water partition coefficient (Wildman–Crippen LogP) is 15.8. The van der Waals surface area contributed by atoms with Crippen LogP contribution in [0.25, 0.3) is 0 Å². The number of carbonyl (C=O) groups is 1. The lowest BCUT2D eigenvalue weighted by molar-refractivity contribution is -0.131. The van der Waals surface area contributed by atoms with Crippen molar-refractivity contribution in [2.24, 2.45) is 0 Å². The third-order valence-electron chi connectivity index (χ3n) is 12.7. The Morgan fingerprint density at radius 3 is 0.789 bits per heavy atom. The summed E-state index contributed by atoms with van der Waals surface area (Å²) in [5.41, 5.74) is 0. The van der Waals surface area contributed by atoms with E-state index in [1.54, 1.807) is 0 Å². The molecule has 0 bridgehead atoms. The van der Waals surface area contributed by atoms with E-state index in [4.69, 9.17) is 0 Å². The minimum Gasteiger partial charge on any atom is -0.394 e. The van der Waals surface area contributed by atoms with Gasteiger partial charge in [0.2, 0.25) is 5.91 Å². The monoisotopic (exact) mass is 808 g/mol. The van der Waals surface area contributed by atoms with Gasteiger partial charge in [-0.2, -0.15) is 0 Å². The Morgan fingerprint density at radius 1 is 0.351 bits per heavy atom. The van der Waals surface area contributed by atoms with Crippen LogP contribution in [-0.4, -0.2) is 46.1 Å². The lowest BCUT2D eigenvalue weighted by Gasteiger charge is -2.23. The standard InChI is InChI=1S/C52H105NO4/c1-3-5-7-9-11-13-15-17-19-21-23-24-25-26-27-29-31-33-35-37-39-41-43-45-47-51(56)52(57)53-49(48-54)50(55)46-44-42-40-38-36-34-32-30-28-22-20-18-16-14-12-10-8-6-4-2/h49-51,54-56H,3-48H2,1-2H3,(H,53,57). The van der Waals surface area contributed by atoms with Crippen LogP contribution in [0.15, 0.2) is 0 Å². The van der Waals surface area contributed by atoms with Gasteiger partial charge >= 0.3 is 0 Å². The highest BCUT2D eigenvalue weighted by atomic mass is 16.3. The largest absolute Gasteiger partial charge is 0.394 e. The van der Waals surface area contributed by atoms with Crippen molar-refractivity contribution in [1.82, 2.24) is 5.32 Å². The minimum absolute atomic E-state index is 0.307. The maximum Gasteiger partial charge on any atom is 0.249 e. The molecule has 0 aliphatic heterocycles. The predicted molar refractivity (Wildman–Crippen MR) is 250 cm³/mol. The van der Waals surface area contributed by atoms with Crippen LogP contribution >= 0.6 is 0 Å². The van der Waals surface area contributed by atoms with Crippen molar-refractivity contribution >= 4 is 5.91 Å². The number of amides is 1. The molecule has 0 spiro atoms. The summed E-state index contributed by atoms with van der Waals surface area (Å²) in [5.74, 6) is -0.463. The first-order valence-electron chi connectivity index (χ1n) is 26.3. The molecule has 57 heavy (non-hydrogen) atoms. The first kappa shape index (κ1) is 56.4. The van der Waals surface area contributed by atoms with E-state index in [0.29, 0.717) is 12.8 Å². The summed E-state index contributed by atoms with van der Waals surface area (Å²) in [6, 6.07) is -0.707. The molecule has 0 saturated heterocycles. The second kappa shape index (κ2) is 48.0. The normalized spacial score (nSPS) is 13.3. The Bertz CT molecular complexity index is 762. The van der Waals surface area contributed by atoms with Gasteiger partial charge in [-0.3, -0.25) is 4.79 Å². The van der Waals surface area contributed by atoms with Crippen molar-refractivity contribution in [3.05, 3.63) is 0 Å². The number of hydrogen-bond donors (Lipinski definition) is 4. The molecule has 5 heteroatoms. The SMILES string of the molecule is CCCCCCCCCCCCCCCCCCCCCCCCCCC(O)C(=O)NC(CO)C(O)CCCCCCCCCCCCCCCCCCCCC. The lowest BCUT2D eigenvalue weighted by Crippen LogP contribution is -2.49. The second-order valence-electron chi connectivity index (χ2n) is 18.5. The number of nitrogens with one attached hydrogen (secondary N) is 1. The van der Waals surface area contributed by atoms with Crippen LogP contribution in [0.4, 0.5) is 0 Å². The molecule has 0 aromatic heterocycles. The van der Waals surface area contributed by atoms with Crippen molar-refractivity contribution < 1.29 is 20.1 Å². The van der Waals surface area contributed by atoms with Crippen LogP contribution < -0.4 is 5.32 Å². The molecule has 3 unspecified atom stereocenters. The number of unbranched alkanes of at least 4 members (excludes halogenated alkanes) is 41. The highest BCUT2D eigenvalue weighted by Crippen LogP contribution is 2.18. The van der Waals surface area contributed by atoms with Gasteiger partial charge in [-0.15, -0.1) is 0 Å². The van der Waals surface area contributed by atoms with Crippen molar-refractivity contribution in [3.8, 4) is 0 Å². The van der Waals surface area contributed by atoms with Crippen LogP contribution in [0.2, 0.25) is 0 Å². The minimum atomic E-state index is -1.07. The zero-order chi connectivity index (χ0) is 41.5. The van der Waals surface area contributed by atoms with E-state index in [1.165, 1.54) is 244 Å². The first-order chi connectivity index (χ1) is 28.1. The molecule has 0 aromatic carbocycles. The average molecular weight is 808 g/mol.